The molecule has 4 aliphatic carbocycles. The van der Waals surface area contributed by atoms with Gasteiger partial charge in [0, 0.05) is 18.9 Å². The highest BCUT2D eigenvalue weighted by Crippen LogP contribution is 2.64. The van der Waals surface area contributed by atoms with E-state index < -0.39 is 0 Å². The Bertz CT molecular complexity index is 553. The van der Waals surface area contributed by atoms with Crippen molar-refractivity contribution in [3.05, 3.63) is 11.6 Å². The first-order chi connectivity index (χ1) is 11.5. The lowest BCUT2D eigenvalue weighted by Gasteiger charge is -2.57. The van der Waals surface area contributed by atoms with E-state index in [0.29, 0.717) is 30.0 Å². The lowest BCUT2D eigenvalue weighted by atomic mass is 9.48. The van der Waals surface area contributed by atoms with Crippen molar-refractivity contribution in [3.8, 4) is 0 Å². The fraction of sp³-hybridized carbons (Fsp3) is 0.857. The second kappa shape index (κ2) is 5.95. The van der Waals surface area contributed by atoms with Crippen molar-refractivity contribution in [3.63, 3.8) is 0 Å². The summed E-state index contributed by atoms with van der Waals surface area (Å²) >= 11 is 0. The molecule has 0 spiro atoms. The molecule has 0 aromatic heterocycles. The highest BCUT2D eigenvalue weighted by Gasteiger charge is 2.58. The number of carbonyl (C=O) groups excluding carboxylic acids is 1. The van der Waals surface area contributed by atoms with E-state index in [1.165, 1.54) is 19.3 Å². The summed E-state index contributed by atoms with van der Waals surface area (Å²) in [6.45, 7) is 5.17. The third-order valence-electron chi connectivity index (χ3n) is 8.19. The van der Waals surface area contributed by atoms with Gasteiger partial charge in [0.2, 0.25) is 0 Å². The lowest BCUT2D eigenvalue weighted by Crippen LogP contribution is -2.50. The van der Waals surface area contributed by atoms with Crippen LogP contribution in [0.5, 0.6) is 0 Å². The van der Waals surface area contributed by atoms with E-state index >= 15 is 0 Å². The quantitative estimate of drug-likeness (QED) is 0.563. The first-order valence-electron chi connectivity index (χ1n) is 9.82. The van der Waals surface area contributed by atoms with E-state index in [-0.39, 0.29) is 5.41 Å². The molecule has 4 rings (SSSR count). The standard InChI is InChI=1S/C21H32O3/c1-20-10-8-15(24-13-23-3)12-14(20)4-5-16-17-6-7-19(22)21(17,2)11-9-18(16)20/h4,15-18H,5-13H2,1-3H3/t15?,16-,17-,18+,20-,21-/m0/s1. The molecule has 3 fully saturated rings. The fourth-order valence-electron chi connectivity index (χ4n) is 6.71. The predicted octanol–water partition coefficient (Wildman–Crippen LogP) is 4.51. The maximum atomic E-state index is 12.5. The van der Waals surface area contributed by atoms with Gasteiger partial charge in [0.05, 0.1) is 6.10 Å². The molecule has 24 heavy (non-hydrogen) atoms. The third-order valence-corrected chi connectivity index (χ3v) is 8.19. The molecule has 0 amide bonds. The summed E-state index contributed by atoms with van der Waals surface area (Å²) in [7, 11) is 1.69. The van der Waals surface area contributed by atoms with E-state index in [9.17, 15) is 4.79 Å². The van der Waals surface area contributed by atoms with Crippen LogP contribution in [0.2, 0.25) is 0 Å². The topological polar surface area (TPSA) is 35.5 Å². The van der Waals surface area contributed by atoms with Crippen LogP contribution in [0.15, 0.2) is 11.6 Å². The summed E-state index contributed by atoms with van der Waals surface area (Å²) < 4.78 is 10.9. The molecule has 3 nitrogen and oxygen atoms in total. The molecule has 0 bridgehead atoms. The summed E-state index contributed by atoms with van der Waals surface area (Å²) in [4.78, 5) is 12.5. The molecule has 6 atom stereocenters. The number of ether oxygens (including phenoxy) is 2. The zero-order chi connectivity index (χ0) is 16.9. The minimum Gasteiger partial charge on any atom is -0.359 e. The van der Waals surface area contributed by atoms with Crippen LogP contribution in [0.3, 0.4) is 0 Å². The monoisotopic (exact) mass is 332 g/mol. The smallest absolute Gasteiger partial charge is 0.146 e. The van der Waals surface area contributed by atoms with Crippen LogP contribution in [0.25, 0.3) is 0 Å². The van der Waals surface area contributed by atoms with Gasteiger partial charge in [-0.1, -0.05) is 25.5 Å². The number of rotatable bonds is 3. The molecule has 1 unspecified atom stereocenters. The number of fused-ring (bicyclic) bond motifs is 5. The molecule has 3 saturated carbocycles. The molecular weight excluding hydrogens is 300 g/mol. The van der Waals surface area contributed by atoms with E-state index in [0.717, 1.165) is 43.9 Å². The predicted molar refractivity (Wildman–Crippen MR) is 93.5 cm³/mol. The Kier molecular flexibility index (Phi) is 4.16. The number of hydrogen-bond donors (Lipinski definition) is 0. The van der Waals surface area contributed by atoms with Gasteiger partial charge in [-0.05, 0) is 68.1 Å². The molecule has 0 radical (unpaired) electrons. The Balaban J connectivity index is 1.56. The van der Waals surface area contributed by atoms with Crippen molar-refractivity contribution >= 4 is 5.78 Å². The molecule has 0 aromatic rings. The van der Waals surface area contributed by atoms with Crippen LogP contribution in [0, 0.1) is 28.6 Å². The van der Waals surface area contributed by atoms with Crippen molar-refractivity contribution in [1.82, 2.24) is 0 Å². The van der Waals surface area contributed by atoms with Gasteiger partial charge in [-0.3, -0.25) is 4.79 Å². The molecule has 134 valence electrons. The normalized spacial score (nSPS) is 47.6. The van der Waals surface area contributed by atoms with E-state index in [1.807, 2.05) is 0 Å². The molecule has 3 heteroatoms. The number of allylic oxidation sites excluding steroid dienone is 1. The molecular formula is C21H32O3. The average Bonchev–Trinajstić information content (AvgIpc) is 2.88. The van der Waals surface area contributed by atoms with Crippen molar-refractivity contribution in [2.24, 2.45) is 28.6 Å². The van der Waals surface area contributed by atoms with Crippen LogP contribution in [-0.2, 0) is 14.3 Å². The van der Waals surface area contributed by atoms with Crippen LogP contribution in [0.4, 0.5) is 0 Å². The Labute approximate surface area is 146 Å². The van der Waals surface area contributed by atoms with Gasteiger partial charge in [0.25, 0.3) is 0 Å². The van der Waals surface area contributed by atoms with Gasteiger partial charge in [-0.25, -0.2) is 0 Å². The largest absolute Gasteiger partial charge is 0.359 e. The number of methoxy groups -OCH3 is 1. The summed E-state index contributed by atoms with van der Waals surface area (Å²) in [6, 6.07) is 0. The first kappa shape index (κ1) is 16.8. The van der Waals surface area contributed by atoms with Crippen LogP contribution < -0.4 is 0 Å². The SMILES string of the molecule is COCOC1CC[C@@]2(C)C(=CC[C@@H]3[C@H]2CC[C@]2(C)C(=O)CC[C@@H]32)C1. The van der Waals surface area contributed by atoms with Gasteiger partial charge in [-0.2, -0.15) is 0 Å². The second-order valence-corrected chi connectivity index (χ2v) is 9.12. The third kappa shape index (κ3) is 2.34. The van der Waals surface area contributed by atoms with Gasteiger partial charge in [0.1, 0.15) is 12.6 Å². The summed E-state index contributed by atoms with van der Waals surface area (Å²) in [6.07, 6.45) is 11.8. The van der Waals surface area contributed by atoms with Crippen molar-refractivity contribution in [1.29, 1.82) is 0 Å². The molecule has 0 saturated heterocycles. The van der Waals surface area contributed by atoms with Crippen LogP contribution in [0.1, 0.15) is 65.2 Å². The minimum atomic E-state index is -0.0123. The Morgan fingerprint density at radius 2 is 1.88 bits per heavy atom. The summed E-state index contributed by atoms with van der Waals surface area (Å²) in [5, 5.41) is 0. The highest BCUT2D eigenvalue weighted by atomic mass is 16.7. The van der Waals surface area contributed by atoms with E-state index in [2.05, 4.69) is 19.9 Å². The van der Waals surface area contributed by atoms with Crippen LogP contribution in [-0.4, -0.2) is 25.8 Å². The highest BCUT2D eigenvalue weighted by molar-refractivity contribution is 5.87. The first-order valence-corrected chi connectivity index (χ1v) is 9.82. The maximum Gasteiger partial charge on any atom is 0.146 e. The number of carbonyl (C=O) groups is 1. The Morgan fingerprint density at radius 1 is 1.12 bits per heavy atom. The van der Waals surface area contributed by atoms with Gasteiger partial charge < -0.3 is 9.47 Å². The summed E-state index contributed by atoms with van der Waals surface area (Å²) in [5.74, 6) is 2.66. The van der Waals surface area contributed by atoms with Gasteiger partial charge >= 0.3 is 0 Å². The fourth-order valence-corrected chi connectivity index (χ4v) is 6.71. The molecule has 0 heterocycles. The van der Waals surface area contributed by atoms with Crippen molar-refractivity contribution < 1.29 is 14.3 Å². The number of ketones is 1. The van der Waals surface area contributed by atoms with E-state index in [4.69, 9.17) is 9.47 Å². The zero-order valence-corrected chi connectivity index (χ0v) is 15.5. The zero-order valence-electron chi connectivity index (χ0n) is 15.5. The van der Waals surface area contributed by atoms with Gasteiger partial charge in [-0.15, -0.1) is 0 Å². The maximum absolute atomic E-state index is 12.5. The molecule has 4 aliphatic rings. The molecule has 0 aliphatic heterocycles. The average molecular weight is 332 g/mol. The Hall–Kier alpha value is -0.670. The Morgan fingerprint density at radius 3 is 2.67 bits per heavy atom. The second-order valence-electron chi connectivity index (χ2n) is 9.12. The summed E-state index contributed by atoms with van der Waals surface area (Å²) in [5.41, 5.74) is 1.95. The molecule has 0 N–H and O–H groups in total. The van der Waals surface area contributed by atoms with Crippen molar-refractivity contribution in [2.75, 3.05) is 13.9 Å². The number of Topliss-reactive ketones (excluding diaryl/α,β-unsaturated/α-hetero) is 1. The van der Waals surface area contributed by atoms with Crippen LogP contribution >= 0.6 is 0 Å². The lowest BCUT2D eigenvalue weighted by molar-refractivity contribution is -0.132. The van der Waals surface area contributed by atoms with E-state index in [1.54, 1.807) is 12.7 Å². The molecule has 0 aromatic carbocycles. The minimum absolute atomic E-state index is 0.0123. The van der Waals surface area contributed by atoms with Crippen molar-refractivity contribution in [2.45, 2.75) is 71.3 Å². The van der Waals surface area contributed by atoms with Gasteiger partial charge in [0.15, 0.2) is 0 Å². The number of hydrogen-bond acceptors (Lipinski definition) is 3.